The molecule has 0 unspecified atom stereocenters. The number of rotatable bonds is 4. The van der Waals surface area contributed by atoms with Crippen molar-refractivity contribution in [3.05, 3.63) is 46.8 Å². The molecule has 0 radical (unpaired) electrons. The van der Waals surface area contributed by atoms with E-state index in [1.165, 1.54) is 12.7 Å². The summed E-state index contributed by atoms with van der Waals surface area (Å²) in [5, 5.41) is 7.96. The maximum atomic E-state index is 11.6. The van der Waals surface area contributed by atoms with Gasteiger partial charge >= 0.3 is 5.97 Å². The van der Waals surface area contributed by atoms with Crippen molar-refractivity contribution >= 4 is 5.97 Å². The molecule has 19 heavy (non-hydrogen) atoms. The summed E-state index contributed by atoms with van der Waals surface area (Å²) in [7, 11) is 1.35. The van der Waals surface area contributed by atoms with E-state index in [1.807, 2.05) is 32.0 Å². The summed E-state index contributed by atoms with van der Waals surface area (Å²) in [5.74, 6) is -0.438. The maximum Gasteiger partial charge on any atom is 0.360 e. The first-order valence-electron chi connectivity index (χ1n) is 6.22. The number of methoxy groups -OCH3 is 1. The Labute approximate surface area is 112 Å². The zero-order chi connectivity index (χ0) is 13.8. The van der Waals surface area contributed by atoms with Crippen LogP contribution >= 0.6 is 0 Å². The van der Waals surface area contributed by atoms with Crippen LogP contribution < -0.4 is 0 Å². The van der Waals surface area contributed by atoms with Crippen molar-refractivity contribution in [2.75, 3.05) is 7.11 Å². The van der Waals surface area contributed by atoms with E-state index in [0.29, 0.717) is 18.7 Å². The first-order chi connectivity index (χ1) is 9.15. The molecule has 1 aromatic heterocycles. The number of nitrogens with zero attached hydrogens (tertiary/aromatic N) is 3. The molecule has 0 aliphatic heterocycles. The lowest BCUT2D eigenvalue weighted by atomic mass is 10.1. The zero-order valence-electron chi connectivity index (χ0n) is 11.4. The normalized spacial score (nSPS) is 10.5. The summed E-state index contributed by atoms with van der Waals surface area (Å²) in [5.41, 5.74) is 3.44. The number of carbonyl (C=O) groups is 1. The largest absolute Gasteiger partial charge is 0.464 e. The van der Waals surface area contributed by atoms with E-state index in [-0.39, 0.29) is 0 Å². The van der Waals surface area contributed by atoms with Gasteiger partial charge in [0.2, 0.25) is 0 Å². The molecule has 0 N–H and O–H groups in total. The average molecular weight is 259 g/mol. The number of hydrogen-bond donors (Lipinski definition) is 0. The van der Waals surface area contributed by atoms with Gasteiger partial charge in [-0.25, -0.2) is 9.48 Å². The summed E-state index contributed by atoms with van der Waals surface area (Å²) in [6, 6.07) is 8.19. The molecule has 1 heterocycles. The number of hydrogen-bond acceptors (Lipinski definition) is 4. The van der Waals surface area contributed by atoms with Crippen molar-refractivity contribution in [1.29, 1.82) is 0 Å². The van der Waals surface area contributed by atoms with Crippen molar-refractivity contribution in [2.45, 2.75) is 26.8 Å². The number of carbonyl (C=O) groups excluding carboxylic acids is 1. The number of aromatic nitrogens is 3. The van der Waals surface area contributed by atoms with Gasteiger partial charge in [0.1, 0.15) is 0 Å². The van der Waals surface area contributed by atoms with Crippen LogP contribution in [0.25, 0.3) is 0 Å². The Morgan fingerprint density at radius 2 is 2.21 bits per heavy atom. The van der Waals surface area contributed by atoms with Gasteiger partial charge in [-0.3, -0.25) is 0 Å². The standard InChI is InChI=1S/C14H17N3O2/c1-4-12-13(14(18)19-3)15-16-17(12)9-11-7-5-6-10(2)8-11/h5-8H,4,9H2,1-3H3. The maximum absolute atomic E-state index is 11.6. The molecule has 0 fully saturated rings. The Morgan fingerprint density at radius 3 is 2.84 bits per heavy atom. The third-order valence-electron chi connectivity index (χ3n) is 2.97. The molecule has 1 aromatic carbocycles. The van der Waals surface area contributed by atoms with Gasteiger partial charge in [-0.1, -0.05) is 42.0 Å². The van der Waals surface area contributed by atoms with Crippen molar-refractivity contribution in [3.63, 3.8) is 0 Å². The molecule has 0 spiro atoms. The molecule has 0 aliphatic carbocycles. The Kier molecular flexibility index (Phi) is 3.94. The number of ether oxygens (including phenoxy) is 1. The fraction of sp³-hybridized carbons (Fsp3) is 0.357. The highest BCUT2D eigenvalue weighted by Crippen LogP contribution is 2.11. The lowest BCUT2D eigenvalue weighted by Crippen LogP contribution is -2.09. The van der Waals surface area contributed by atoms with Gasteiger partial charge in [-0.2, -0.15) is 0 Å². The van der Waals surface area contributed by atoms with E-state index in [4.69, 9.17) is 4.74 Å². The van der Waals surface area contributed by atoms with Gasteiger partial charge in [0.25, 0.3) is 0 Å². The zero-order valence-corrected chi connectivity index (χ0v) is 11.4. The Bertz CT molecular complexity index is 590. The molecule has 0 aliphatic rings. The Hall–Kier alpha value is -2.17. The average Bonchev–Trinajstić information content (AvgIpc) is 2.80. The topological polar surface area (TPSA) is 57.0 Å². The minimum Gasteiger partial charge on any atom is -0.464 e. The summed E-state index contributed by atoms with van der Waals surface area (Å²) in [4.78, 5) is 11.6. The van der Waals surface area contributed by atoms with Crippen molar-refractivity contribution in [3.8, 4) is 0 Å². The SMILES string of the molecule is CCc1c(C(=O)OC)nnn1Cc1cccc(C)c1. The van der Waals surface area contributed by atoms with E-state index >= 15 is 0 Å². The molecule has 0 saturated heterocycles. The molecule has 0 saturated carbocycles. The van der Waals surface area contributed by atoms with Crippen LogP contribution in [-0.4, -0.2) is 28.1 Å². The summed E-state index contributed by atoms with van der Waals surface area (Å²) >= 11 is 0. The molecule has 5 heteroatoms. The second-order valence-electron chi connectivity index (χ2n) is 4.38. The van der Waals surface area contributed by atoms with Crippen molar-refractivity contribution in [1.82, 2.24) is 15.0 Å². The van der Waals surface area contributed by atoms with Crippen LogP contribution in [0.15, 0.2) is 24.3 Å². The summed E-state index contributed by atoms with van der Waals surface area (Å²) < 4.78 is 6.46. The lowest BCUT2D eigenvalue weighted by molar-refractivity contribution is 0.0592. The predicted molar refractivity (Wildman–Crippen MR) is 71.0 cm³/mol. The first-order valence-corrected chi connectivity index (χ1v) is 6.22. The van der Waals surface area contributed by atoms with Crippen LogP contribution in [0.1, 0.15) is 34.2 Å². The lowest BCUT2D eigenvalue weighted by Gasteiger charge is -2.06. The molecule has 2 rings (SSSR count). The highest BCUT2D eigenvalue weighted by Gasteiger charge is 2.18. The van der Waals surface area contributed by atoms with Crippen molar-refractivity contribution in [2.24, 2.45) is 0 Å². The third-order valence-corrected chi connectivity index (χ3v) is 2.97. The second-order valence-corrected chi connectivity index (χ2v) is 4.38. The van der Waals surface area contributed by atoms with Gasteiger partial charge < -0.3 is 4.74 Å². The predicted octanol–water partition coefficient (Wildman–Crippen LogP) is 1.98. The summed E-state index contributed by atoms with van der Waals surface area (Å²) in [6.45, 7) is 4.62. The van der Waals surface area contributed by atoms with Gasteiger partial charge in [-0.15, -0.1) is 5.10 Å². The molecular formula is C14H17N3O2. The van der Waals surface area contributed by atoms with Crippen molar-refractivity contribution < 1.29 is 9.53 Å². The molecule has 0 bridgehead atoms. The number of benzene rings is 1. The minimum absolute atomic E-state index is 0.303. The second kappa shape index (κ2) is 5.65. The minimum atomic E-state index is -0.438. The van der Waals surface area contributed by atoms with E-state index in [1.54, 1.807) is 4.68 Å². The van der Waals surface area contributed by atoms with Crippen LogP contribution in [0, 0.1) is 6.92 Å². The van der Waals surface area contributed by atoms with E-state index in [0.717, 1.165) is 11.3 Å². The van der Waals surface area contributed by atoms with Crippen LogP contribution in [-0.2, 0) is 17.7 Å². The highest BCUT2D eigenvalue weighted by molar-refractivity contribution is 5.88. The van der Waals surface area contributed by atoms with E-state index in [2.05, 4.69) is 16.4 Å². The van der Waals surface area contributed by atoms with Gasteiger partial charge in [0.05, 0.1) is 19.3 Å². The number of aryl methyl sites for hydroxylation is 1. The van der Waals surface area contributed by atoms with Crippen LogP contribution in [0.5, 0.6) is 0 Å². The third kappa shape index (κ3) is 2.81. The monoisotopic (exact) mass is 259 g/mol. The van der Waals surface area contributed by atoms with Gasteiger partial charge in [0.15, 0.2) is 5.69 Å². The quantitative estimate of drug-likeness (QED) is 0.788. The van der Waals surface area contributed by atoms with Crippen LogP contribution in [0.3, 0.4) is 0 Å². The Balaban J connectivity index is 2.30. The fourth-order valence-corrected chi connectivity index (χ4v) is 2.05. The smallest absolute Gasteiger partial charge is 0.360 e. The molecular weight excluding hydrogens is 242 g/mol. The summed E-state index contributed by atoms with van der Waals surface area (Å²) in [6.07, 6.45) is 0.684. The van der Waals surface area contributed by atoms with E-state index < -0.39 is 5.97 Å². The Morgan fingerprint density at radius 1 is 1.42 bits per heavy atom. The van der Waals surface area contributed by atoms with Crippen LogP contribution in [0.4, 0.5) is 0 Å². The van der Waals surface area contributed by atoms with Gasteiger partial charge in [-0.05, 0) is 18.9 Å². The first kappa shape index (κ1) is 13.3. The molecule has 2 aromatic rings. The molecule has 0 amide bonds. The molecule has 0 atom stereocenters. The molecule has 100 valence electrons. The van der Waals surface area contributed by atoms with E-state index in [9.17, 15) is 4.79 Å². The highest BCUT2D eigenvalue weighted by atomic mass is 16.5. The molecule has 5 nitrogen and oxygen atoms in total. The van der Waals surface area contributed by atoms with Crippen LogP contribution in [0.2, 0.25) is 0 Å². The fourth-order valence-electron chi connectivity index (χ4n) is 2.05. The van der Waals surface area contributed by atoms with Gasteiger partial charge in [0, 0.05) is 0 Å². The number of esters is 1.